The molecule has 1 unspecified atom stereocenters. The standard InChI is InChI=1S/C30H29N3O4S/c34-21-9-6-19(7-10-21)29-27(23-12-11-22(35)17-25(23)38-29)28(36)20-8-13-26(31-18-20)33-16-4-5-24(33)30(37)32-14-2-1-3-15-32/h6-13,17-18,24,34-35H,1-5,14-16H2. The number of thiophene rings is 1. The van der Waals surface area contributed by atoms with E-state index in [9.17, 15) is 19.8 Å². The number of nitrogens with zero attached hydrogens (tertiary/aromatic N) is 3. The summed E-state index contributed by atoms with van der Waals surface area (Å²) in [6.45, 7) is 2.44. The molecule has 6 rings (SSSR count). The maximum absolute atomic E-state index is 13.9. The number of aromatic nitrogens is 1. The minimum atomic E-state index is -0.197. The van der Waals surface area contributed by atoms with Gasteiger partial charge in [-0.15, -0.1) is 11.3 Å². The molecule has 0 bridgehead atoms. The fraction of sp³-hybridized carbons (Fsp3) is 0.300. The maximum atomic E-state index is 13.9. The summed E-state index contributed by atoms with van der Waals surface area (Å²) in [6, 6.07) is 15.2. The fourth-order valence-electron chi connectivity index (χ4n) is 5.58. The summed E-state index contributed by atoms with van der Waals surface area (Å²) in [5.41, 5.74) is 1.82. The van der Waals surface area contributed by atoms with Crippen molar-refractivity contribution in [2.24, 2.45) is 0 Å². The highest BCUT2D eigenvalue weighted by Crippen LogP contribution is 2.41. The van der Waals surface area contributed by atoms with Gasteiger partial charge >= 0.3 is 0 Å². The lowest BCUT2D eigenvalue weighted by atomic mass is 9.98. The highest BCUT2D eigenvalue weighted by atomic mass is 32.1. The molecule has 38 heavy (non-hydrogen) atoms. The first-order valence-electron chi connectivity index (χ1n) is 13.1. The Balaban J connectivity index is 1.31. The zero-order chi connectivity index (χ0) is 26.2. The molecule has 2 N–H and O–H groups in total. The van der Waals surface area contributed by atoms with Gasteiger partial charge in [0.25, 0.3) is 0 Å². The summed E-state index contributed by atoms with van der Waals surface area (Å²) < 4.78 is 0.803. The number of fused-ring (bicyclic) bond motifs is 1. The van der Waals surface area contributed by atoms with Crippen LogP contribution >= 0.6 is 11.3 Å². The van der Waals surface area contributed by atoms with E-state index >= 15 is 0 Å². The molecule has 2 aliphatic rings. The van der Waals surface area contributed by atoms with E-state index in [1.165, 1.54) is 17.8 Å². The van der Waals surface area contributed by atoms with Crippen LogP contribution in [-0.4, -0.2) is 57.5 Å². The largest absolute Gasteiger partial charge is 0.508 e. The minimum Gasteiger partial charge on any atom is -0.508 e. The lowest BCUT2D eigenvalue weighted by Gasteiger charge is -2.33. The SMILES string of the molecule is O=C(c1ccc(N2CCCC2C(=O)N2CCCCC2)nc1)c1c(-c2ccc(O)cc2)sc2cc(O)ccc12. The van der Waals surface area contributed by atoms with Gasteiger partial charge in [0.2, 0.25) is 5.91 Å². The Bertz CT molecular complexity index is 1490. The van der Waals surface area contributed by atoms with E-state index in [2.05, 4.69) is 9.88 Å². The number of hydrogen-bond acceptors (Lipinski definition) is 7. The van der Waals surface area contributed by atoms with Gasteiger partial charge < -0.3 is 20.0 Å². The number of phenols is 2. The number of hydrogen-bond donors (Lipinski definition) is 2. The van der Waals surface area contributed by atoms with Crippen LogP contribution in [0.5, 0.6) is 11.5 Å². The van der Waals surface area contributed by atoms with Crippen molar-refractivity contribution in [2.45, 2.75) is 38.1 Å². The normalized spacial score (nSPS) is 17.7. The van der Waals surface area contributed by atoms with Crippen LogP contribution in [0.25, 0.3) is 20.5 Å². The minimum absolute atomic E-state index is 0.139. The van der Waals surface area contributed by atoms with Crippen LogP contribution in [0.2, 0.25) is 0 Å². The lowest BCUT2D eigenvalue weighted by molar-refractivity contribution is -0.133. The monoisotopic (exact) mass is 527 g/mol. The molecule has 4 aromatic rings. The predicted octanol–water partition coefficient (Wildman–Crippen LogP) is 5.59. The smallest absolute Gasteiger partial charge is 0.245 e. The highest BCUT2D eigenvalue weighted by Gasteiger charge is 2.35. The Labute approximate surface area is 225 Å². The van der Waals surface area contributed by atoms with Crippen LogP contribution in [0.15, 0.2) is 60.8 Å². The van der Waals surface area contributed by atoms with Gasteiger partial charge in [0.15, 0.2) is 5.78 Å². The van der Waals surface area contributed by atoms with Crippen LogP contribution in [0.4, 0.5) is 5.82 Å². The highest BCUT2D eigenvalue weighted by molar-refractivity contribution is 7.22. The molecule has 0 radical (unpaired) electrons. The molecule has 194 valence electrons. The molecule has 4 heterocycles. The summed E-state index contributed by atoms with van der Waals surface area (Å²) >= 11 is 1.43. The number of phenolic OH excluding ortho intramolecular Hbond substituents is 2. The molecule has 0 saturated carbocycles. The Hall–Kier alpha value is -3.91. The molecule has 7 nitrogen and oxygen atoms in total. The van der Waals surface area contributed by atoms with Crippen LogP contribution in [0, 0.1) is 0 Å². The van der Waals surface area contributed by atoms with Gasteiger partial charge in [0, 0.05) is 51.9 Å². The van der Waals surface area contributed by atoms with Crippen molar-refractivity contribution < 1.29 is 19.8 Å². The number of aromatic hydroxyl groups is 2. The third kappa shape index (κ3) is 4.49. The van der Waals surface area contributed by atoms with E-state index in [1.807, 2.05) is 11.0 Å². The number of pyridine rings is 1. The average Bonchev–Trinajstić information content (AvgIpc) is 3.58. The van der Waals surface area contributed by atoms with Gasteiger partial charge in [0.05, 0.1) is 0 Å². The van der Waals surface area contributed by atoms with E-state index in [1.54, 1.807) is 54.7 Å². The van der Waals surface area contributed by atoms with E-state index in [4.69, 9.17) is 0 Å². The van der Waals surface area contributed by atoms with Crippen molar-refractivity contribution in [3.05, 3.63) is 71.9 Å². The molecular formula is C30H29N3O4S. The van der Waals surface area contributed by atoms with E-state index in [0.717, 1.165) is 65.8 Å². The lowest BCUT2D eigenvalue weighted by Crippen LogP contribution is -2.47. The van der Waals surface area contributed by atoms with Crippen molar-refractivity contribution in [1.82, 2.24) is 9.88 Å². The molecule has 0 spiro atoms. The number of benzene rings is 2. The van der Waals surface area contributed by atoms with Crippen molar-refractivity contribution >= 4 is 38.9 Å². The van der Waals surface area contributed by atoms with Gasteiger partial charge in [-0.05, 0) is 92.3 Å². The second-order valence-corrected chi connectivity index (χ2v) is 11.1. The number of carbonyl (C=O) groups is 2. The van der Waals surface area contributed by atoms with Gasteiger partial charge in [-0.2, -0.15) is 0 Å². The number of ketones is 1. The second kappa shape index (κ2) is 10.1. The second-order valence-electron chi connectivity index (χ2n) is 10.0. The number of rotatable bonds is 5. The predicted molar refractivity (Wildman–Crippen MR) is 149 cm³/mol. The summed E-state index contributed by atoms with van der Waals surface area (Å²) in [7, 11) is 0. The van der Waals surface area contributed by atoms with Gasteiger partial charge in [-0.25, -0.2) is 4.98 Å². The number of carbonyl (C=O) groups excluding carboxylic acids is 2. The third-order valence-electron chi connectivity index (χ3n) is 7.54. The first-order chi connectivity index (χ1) is 18.5. The zero-order valence-electron chi connectivity index (χ0n) is 21.0. The van der Waals surface area contributed by atoms with Crippen molar-refractivity contribution in [2.75, 3.05) is 24.5 Å². The molecule has 2 aromatic heterocycles. The van der Waals surface area contributed by atoms with E-state index in [0.29, 0.717) is 16.9 Å². The molecule has 2 saturated heterocycles. The Kier molecular flexibility index (Phi) is 6.49. The summed E-state index contributed by atoms with van der Waals surface area (Å²) in [6.07, 6.45) is 6.68. The van der Waals surface area contributed by atoms with Crippen LogP contribution < -0.4 is 4.90 Å². The molecule has 8 heteroatoms. The first-order valence-corrected chi connectivity index (χ1v) is 13.9. The summed E-state index contributed by atoms with van der Waals surface area (Å²) in [5.74, 6) is 1.04. The molecule has 1 amide bonds. The zero-order valence-corrected chi connectivity index (χ0v) is 21.8. The molecule has 2 aromatic carbocycles. The van der Waals surface area contributed by atoms with Crippen molar-refractivity contribution in [3.8, 4) is 21.9 Å². The van der Waals surface area contributed by atoms with Crippen molar-refractivity contribution in [3.63, 3.8) is 0 Å². The molecule has 0 aliphatic carbocycles. The Morgan fingerprint density at radius 3 is 2.37 bits per heavy atom. The third-order valence-corrected chi connectivity index (χ3v) is 8.74. The topological polar surface area (TPSA) is 94.0 Å². The van der Waals surface area contributed by atoms with E-state index < -0.39 is 0 Å². The number of amides is 1. The molecule has 2 fully saturated rings. The van der Waals surface area contributed by atoms with Gasteiger partial charge in [0.1, 0.15) is 23.4 Å². The van der Waals surface area contributed by atoms with Crippen LogP contribution in [0.3, 0.4) is 0 Å². The first kappa shape index (κ1) is 24.4. The molecule has 1 atom stereocenters. The summed E-state index contributed by atoms with van der Waals surface area (Å²) in [5, 5.41) is 20.5. The Morgan fingerprint density at radius 2 is 1.63 bits per heavy atom. The molecular weight excluding hydrogens is 498 g/mol. The van der Waals surface area contributed by atoms with E-state index in [-0.39, 0.29) is 29.2 Å². The van der Waals surface area contributed by atoms with Crippen LogP contribution in [0.1, 0.15) is 48.0 Å². The van der Waals surface area contributed by atoms with Gasteiger partial charge in [-0.1, -0.05) is 0 Å². The fourth-order valence-corrected chi connectivity index (χ4v) is 6.82. The Morgan fingerprint density at radius 1 is 0.868 bits per heavy atom. The quantitative estimate of drug-likeness (QED) is 0.329. The number of anilines is 1. The number of likely N-dealkylation sites (tertiary alicyclic amines) is 1. The van der Waals surface area contributed by atoms with Crippen molar-refractivity contribution in [1.29, 1.82) is 0 Å². The van der Waals surface area contributed by atoms with Crippen LogP contribution in [-0.2, 0) is 4.79 Å². The molecule has 2 aliphatic heterocycles. The summed E-state index contributed by atoms with van der Waals surface area (Å²) in [4.78, 5) is 36.6. The maximum Gasteiger partial charge on any atom is 0.245 e. The number of piperidine rings is 1. The van der Waals surface area contributed by atoms with Gasteiger partial charge in [-0.3, -0.25) is 9.59 Å². The average molecular weight is 528 g/mol.